The Morgan fingerprint density at radius 1 is 1.53 bits per heavy atom. The van der Waals surface area contributed by atoms with E-state index in [4.69, 9.17) is 0 Å². The van der Waals surface area contributed by atoms with Crippen LogP contribution in [0.1, 0.15) is 13.3 Å². The van der Waals surface area contributed by atoms with Crippen LogP contribution in [0.15, 0.2) is 6.20 Å². The molecular formula is C10H15FN4O2. The molecule has 2 N–H and O–H groups in total. The van der Waals surface area contributed by atoms with Gasteiger partial charge in [0.1, 0.15) is 6.54 Å². The SMILES string of the molecule is CCCNc1ncc(F)c(NCC(=O)OC)n1. The van der Waals surface area contributed by atoms with E-state index in [9.17, 15) is 9.18 Å². The van der Waals surface area contributed by atoms with Gasteiger partial charge in [0.05, 0.1) is 13.3 Å². The first-order chi connectivity index (χ1) is 8.17. The van der Waals surface area contributed by atoms with Gasteiger partial charge in [-0.05, 0) is 6.42 Å². The molecule has 0 radical (unpaired) electrons. The van der Waals surface area contributed by atoms with Gasteiger partial charge in [-0.25, -0.2) is 9.37 Å². The van der Waals surface area contributed by atoms with E-state index < -0.39 is 11.8 Å². The molecule has 0 aliphatic carbocycles. The predicted molar refractivity (Wildman–Crippen MR) is 61.3 cm³/mol. The van der Waals surface area contributed by atoms with Crippen LogP contribution < -0.4 is 10.6 Å². The number of hydrogen-bond acceptors (Lipinski definition) is 6. The minimum atomic E-state index is -0.615. The van der Waals surface area contributed by atoms with Crippen molar-refractivity contribution in [3.8, 4) is 0 Å². The fourth-order valence-corrected chi connectivity index (χ4v) is 1.04. The van der Waals surface area contributed by atoms with E-state index in [1.54, 1.807) is 0 Å². The molecule has 94 valence electrons. The second kappa shape index (κ2) is 6.62. The van der Waals surface area contributed by atoms with Gasteiger partial charge in [0, 0.05) is 6.54 Å². The van der Waals surface area contributed by atoms with E-state index in [-0.39, 0.29) is 12.4 Å². The molecule has 17 heavy (non-hydrogen) atoms. The molecule has 0 atom stereocenters. The summed E-state index contributed by atoms with van der Waals surface area (Å²) in [7, 11) is 1.26. The van der Waals surface area contributed by atoms with E-state index in [0.29, 0.717) is 12.5 Å². The minimum absolute atomic E-state index is 0.0241. The molecule has 6 nitrogen and oxygen atoms in total. The molecule has 0 saturated heterocycles. The highest BCUT2D eigenvalue weighted by atomic mass is 19.1. The van der Waals surface area contributed by atoms with Gasteiger partial charge in [0.2, 0.25) is 5.95 Å². The quantitative estimate of drug-likeness (QED) is 0.725. The summed E-state index contributed by atoms with van der Waals surface area (Å²) in [5.41, 5.74) is 0. The molecule has 0 spiro atoms. The fourth-order valence-electron chi connectivity index (χ4n) is 1.04. The van der Waals surface area contributed by atoms with Crippen molar-refractivity contribution in [3.63, 3.8) is 0 Å². The first kappa shape index (κ1) is 13.1. The van der Waals surface area contributed by atoms with Crippen LogP contribution in [0.3, 0.4) is 0 Å². The number of anilines is 2. The maximum atomic E-state index is 13.3. The van der Waals surface area contributed by atoms with Crippen LogP contribution >= 0.6 is 0 Å². The third kappa shape index (κ3) is 4.21. The number of nitrogens with one attached hydrogen (secondary N) is 2. The van der Waals surface area contributed by atoms with Gasteiger partial charge in [-0.2, -0.15) is 4.98 Å². The van der Waals surface area contributed by atoms with Crippen molar-refractivity contribution in [2.45, 2.75) is 13.3 Å². The van der Waals surface area contributed by atoms with Crippen LogP contribution in [0.5, 0.6) is 0 Å². The predicted octanol–water partition coefficient (Wildman–Crippen LogP) is 1.02. The molecule has 1 aromatic heterocycles. The van der Waals surface area contributed by atoms with Crippen molar-refractivity contribution in [2.24, 2.45) is 0 Å². The molecule has 1 heterocycles. The molecule has 0 aromatic carbocycles. The number of hydrogen-bond donors (Lipinski definition) is 2. The van der Waals surface area contributed by atoms with Crippen molar-refractivity contribution in [1.82, 2.24) is 9.97 Å². The topological polar surface area (TPSA) is 76.1 Å². The number of halogens is 1. The molecule has 1 aromatic rings. The van der Waals surface area contributed by atoms with Crippen molar-refractivity contribution >= 4 is 17.7 Å². The number of ether oxygens (including phenoxy) is 1. The summed E-state index contributed by atoms with van der Waals surface area (Å²) < 4.78 is 17.7. The van der Waals surface area contributed by atoms with Crippen LogP contribution in [-0.4, -0.2) is 36.1 Å². The zero-order valence-electron chi connectivity index (χ0n) is 9.79. The molecule has 0 fully saturated rings. The fraction of sp³-hybridized carbons (Fsp3) is 0.500. The van der Waals surface area contributed by atoms with Crippen molar-refractivity contribution in [1.29, 1.82) is 0 Å². The highest BCUT2D eigenvalue weighted by Crippen LogP contribution is 2.11. The number of carbonyl (C=O) groups excluding carboxylic acids is 1. The van der Waals surface area contributed by atoms with Gasteiger partial charge in [0.15, 0.2) is 11.6 Å². The lowest BCUT2D eigenvalue weighted by atomic mass is 10.5. The summed E-state index contributed by atoms with van der Waals surface area (Å²) in [6.07, 6.45) is 1.95. The van der Waals surface area contributed by atoms with Crippen LogP contribution in [0, 0.1) is 5.82 Å². The maximum absolute atomic E-state index is 13.3. The van der Waals surface area contributed by atoms with Crippen LogP contribution in [-0.2, 0) is 9.53 Å². The van der Waals surface area contributed by atoms with Crippen molar-refractivity contribution < 1.29 is 13.9 Å². The number of esters is 1. The summed E-state index contributed by atoms with van der Waals surface area (Å²) >= 11 is 0. The zero-order valence-corrected chi connectivity index (χ0v) is 9.79. The number of carbonyl (C=O) groups is 1. The van der Waals surface area contributed by atoms with Crippen molar-refractivity contribution in [3.05, 3.63) is 12.0 Å². The zero-order chi connectivity index (χ0) is 12.7. The average Bonchev–Trinajstić information content (AvgIpc) is 2.35. The van der Waals surface area contributed by atoms with E-state index >= 15 is 0 Å². The van der Waals surface area contributed by atoms with E-state index in [0.717, 1.165) is 12.6 Å². The second-order valence-corrected chi connectivity index (χ2v) is 3.25. The highest BCUT2D eigenvalue weighted by molar-refractivity contribution is 5.74. The summed E-state index contributed by atoms with van der Waals surface area (Å²) in [5, 5.41) is 5.46. The lowest BCUT2D eigenvalue weighted by molar-refractivity contribution is -0.138. The Hall–Kier alpha value is -1.92. The van der Waals surface area contributed by atoms with Gasteiger partial charge in [-0.1, -0.05) is 6.92 Å². The van der Waals surface area contributed by atoms with Crippen molar-refractivity contribution in [2.75, 3.05) is 30.8 Å². The van der Waals surface area contributed by atoms with E-state index in [1.165, 1.54) is 7.11 Å². The maximum Gasteiger partial charge on any atom is 0.325 e. The monoisotopic (exact) mass is 242 g/mol. The Morgan fingerprint density at radius 3 is 2.94 bits per heavy atom. The average molecular weight is 242 g/mol. The first-order valence-corrected chi connectivity index (χ1v) is 5.24. The largest absolute Gasteiger partial charge is 0.468 e. The third-order valence-electron chi connectivity index (χ3n) is 1.91. The lowest BCUT2D eigenvalue weighted by Crippen LogP contribution is -2.17. The van der Waals surface area contributed by atoms with Crippen LogP contribution in [0.4, 0.5) is 16.2 Å². The molecule has 7 heteroatoms. The Bertz CT molecular complexity index is 387. The molecule has 0 amide bonds. The minimum Gasteiger partial charge on any atom is -0.468 e. The molecule has 0 bridgehead atoms. The summed E-state index contributed by atoms with van der Waals surface area (Å²) in [6.45, 7) is 2.55. The Morgan fingerprint density at radius 2 is 2.29 bits per heavy atom. The van der Waals surface area contributed by atoms with Crippen LogP contribution in [0.2, 0.25) is 0 Å². The molecule has 0 saturated carbocycles. The second-order valence-electron chi connectivity index (χ2n) is 3.25. The summed E-state index contributed by atoms with van der Waals surface area (Å²) in [4.78, 5) is 18.6. The lowest BCUT2D eigenvalue weighted by Gasteiger charge is -2.07. The van der Waals surface area contributed by atoms with Crippen LogP contribution in [0.25, 0.3) is 0 Å². The van der Waals surface area contributed by atoms with Gasteiger partial charge < -0.3 is 15.4 Å². The Balaban J connectivity index is 2.65. The Kier molecular flexibility index (Phi) is 5.12. The summed E-state index contributed by atoms with van der Waals surface area (Å²) in [6, 6.07) is 0. The van der Waals surface area contributed by atoms with E-state index in [1.807, 2.05) is 6.92 Å². The number of aromatic nitrogens is 2. The normalized spacial score (nSPS) is 9.82. The highest BCUT2D eigenvalue weighted by Gasteiger charge is 2.08. The van der Waals surface area contributed by atoms with E-state index in [2.05, 4.69) is 25.3 Å². The number of rotatable bonds is 6. The van der Waals surface area contributed by atoms with Gasteiger partial charge >= 0.3 is 5.97 Å². The Labute approximate surface area is 98.6 Å². The molecule has 0 unspecified atom stereocenters. The number of nitrogens with zero attached hydrogens (tertiary/aromatic N) is 2. The van der Waals surface area contributed by atoms with Gasteiger partial charge in [-0.15, -0.1) is 0 Å². The number of methoxy groups -OCH3 is 1. The smallest absolute Gasteiger partial charge is 0.325 e. The standard InChI is InChI=1S/C10H15FN4O2/c1-3-4-12-10-14-5-7(11)9(15-10)13-6-8(16)17-2/h5H,3-4,6H2,1-2H3,(H2,12,13,14,15). The summed E-state index contributed by atoms with van der Waals surface area (Å²) in [5.74, 6) is -0.813. The third-order valence-corrected chi connectivity index (χ3v) is 1.91. The molecule has 0 aliphatic heterocycles. The van der Waals surface area contributed by atoms with Gasteiger partial charge in [0.25, 0.3) is 0 Å². The molecular weight excluding hydrogens is 227 g/mol. The first-order valence-electron chi connectivity index (χ1n) is 5.24. The molecule has 0 aliphatic rings. The molecule has 1 rings (SSSR count). The van der Waals surface area contributed by atoms with Gasteiger partial charge in [-0.3, -0.25) is 4.79 Å².